The van der Waals surface area contributed by atoms with Crippen LogP contribution in [0.25, 0.3) is 0 Å². The molecule has 0 amide bonds. The van der Waals surface area contributed by atoms with Crippen LogP contribution >= 0.6 is 7.60 Å². The number of ether oxygens (including phenoxy) is 1. The van der Waals surface area contributed by atoms with Crippen molar-refractivity contribution in [3.05, 3.63) is 29.8 Å². The zero-order chi connectivity index (χ0) is 13.9. The molecule has 6 heteroatoms. The molecule has 1 aromatic rings. The summed E-state index contributed by atoms with van der Waals surface area (Å²) in [6.45, 7) is 4.39. The molecule has 0 saturated carbocycles. The van der Waals surface area contributed by atoms with Crippen LogP contribution in [0, 0.1) is 0 Å². The Morgan fingerprint density at radius 2 is 1.74 bits per heavy atom. The van der Waals surface area contributed by atoms with Crippen molar-refractivity contribution in [1.29, 1.82) is 0 Å². The molecule has 1 fully saturated rings. The number of methoxy groups -OCH3 is 1. The second kappa shape index (κ2) is 6.06. The van der Waals surface area contributed by atoms with E-state index in [4.69, 9.17) is 13.8 Å². The standard InChI is InChI=1S/C13H20NO4P/c1-4-17-19(15,18-5-2)13-12(14-13)10-6-8-11(16-3)9-7-10/h6-9,12-14H,4-5H2,1-3H3/t12-,13+/m1/s1. The topological polar surface area (TPSA) is 66.7 Å². The van der Waals surface area contributed by atoms with Gasteiger partial charge < -0.3 is 13.8 Å². The van der Waals surface area contributed by atoms with Crippen LogP contribution in [0.4, 0.5) is 0 Å². The summed E-state index contributed by atoms with van der Waals surface area (Å²) < 4.78 is 28.3. The van der Waals surface area contributed by atoms with Crippen molar-refractivity contribution in [3.63, 3.8) is 0 Å². The fraction of sp³-hybridized carbons (Fsp3) is 0.538. The molecule has 1 heterocycles. The average Bonchev–Trinajstić information content (AvgIpc) is 3.20. The Morgan fingerprint density at radius 3 is 2.21 bits per heavy atom. The van der Waals surface area contributed by atoms with Crippen LogP contribution in [0.5, 0.6) is 5.75 Å². The van der Waals surface area contributed by atoms with Crippen molar-refractivity contribution < 1.29 is 18.3 Å². The lowest BCUT2D eigenvalue weighted by atomic mass is 10.1. The summed E-state index contributed by atoms with van der Waals surface area (Å²) >= 11 is 0. The highest BCUT2D eigenvalue weighted by atomic mass is 31.2. The van der Waals surface area contributed by atoms with Gasteiger partial charge in [0.25, 0.3) is 0 Å². The van der Waals surface area contributed by atoms with E-state index in [1.54, 1.807) is 7.11 Å². The molecule has 0 unspecified atom stereocenters. The van der Waals surface area contributed by atoms with Crippen molar-refractivity contribution in [2.45, 2.75) is 25.7 Å². The Kier molecular flexibility index (Phi) is 4.63. The van der Waals surface area contributed by atoms with Crippen LogP contribution in [0.1, 0.15) is 25.5 Å². The molecular formula is C13H20NO4P. The molecule has 1 aliphatic heterocycles. The monoisotopic (exact) mass is 285 g/mol. The molecule has 19 heavy (non-hydrogen) atoms. The average molecular weight is 285 g/mol. The first kappa shape index (κ1) is 14.5. The lowest BCUT2D eigenvalue weighted by molar-refractivity contribution is 0.218. The summed E-state index contributed by atoms with van der Waals surface area (Å²) in [6.07, 6.45) is 0. The third-order valence-corrected chi connectivity index (χ3v) is 5.36. The molecule has 2 atom stereocenters. The smallest absolute Gasteiger partial charge is 0.349 e. The highest BCUT2D eigenvalue weighted by molar-refractivity contribution is 7.55. The van der Waals surface area contributed by atoms with E-state index in [0.717, 1.165) is 11.3 Å². The molecule has 0 spiro atoms. The molecule has 0 radical (unpaired) electrons. The fourth-order valence-electron chi connectivity index (χ4n) is 2.05. The van der Waals surface area contributed by atoms with Crippen LogP contribution in [0.15, 0.2) is 24.3 Å². The van der Waals surface area contributed by atoms with Crippen LogP contribution in [-0.2, 0) is 13.6 Å². The molecule has 2 rings (SSSR count). The van der Waals surface area contributed by atoms with Gasteiger partial charge in [-0.15, -0.1) is 0 Å². The number of rotatable bonds is 7. The van der Waals surface area contributed by atoms with E-state index in [1.807, 2.05) is 38.1 Å². The van der Waals surface area contributed by atoms with Crippen molar-refractivity contribution in [3.8, 4) is 5.75 Å². The highest BCUT2D eigenvalue weighted by Gasteiger charge is 2.53. The van der Waals surface area contributed by atoms with E-state index in [1.165, 1.54) is 0 Å². The lowest BCUT2D eigenvalue weighted by Crippen LogP contribution is -2.03. The van der Waals surface area contributed by atoms with Crippen LogP contribution in [-0.4, -0.2) is 26.1 Å². The minimum Gasteiger partial charge on any atom is -0.497 e. The molecule has 0 aromatic heterocycles. The van der Waals surface area contributed by atoms with Crippen molar-refractivity contribution in [1.82, 2.24) is 5.32 Å². The van der Waals surface area contributed by atoms with Crippen molar-refractivity contribution >= 4 is 7.60 Å². The van der Waals surface area contributed by atoms with Gasteiger partial charge in [0.15, 0.2) is 0 Å². The summed E-state index contributed by atoms with van der Waals surface area (Å²) in [5, 5.41) is 3.18. The minimum atomic E-state index is -3.06. The number of nitrogens with one attached hydrogen (secondary N) is 1. The largest absolute Gasteiger partial charge is 0.497 e. The van der Waals surface area contributed by atoms with Crippen molar-refractivity contribution in [2.75, 3.05) is 20.3 Å². The molecule has 1 aromatic carbocycles. The first-order valence-corrected chi connectivity index (χ1v) is 8.04. The van der Waals surface area contributed by atoms with E-state index in [9.17, 15) is 4.57 Å². The maximum Gasteiger partial charge on any atom is 0.349 e. The minimum absolute atomic E-state index is 0.0230. The van der Waals surface area contributed by atoms with Gasteiger partial charge in [0.05, 0.1) is 26.4 Å². The van der Waals surface area contributed by atoms with Gasteiger partial charge in [0, 0.05) is 0 Å². The van der Waals surface area contributed by atoms with Crippen molar-refractivity contribution in [2.24, 2.45) is 0 Å². The summed E-state index contributed by atoms with van der Waals surface area (Å²) in [5.41, 5.74) is 1.06. The Labute approximate surface area is 113 Å². The third-order valence-electron chi connectivity index (χ3n) is 2.99. The van der Waals surface area contributed by atoms with Gasteiger partial charge in [0.1, 0.15) is 11.5 Å². The lowest BCUT2D eigenvalue weighted by Gasteiger charge is -2.15. The van der Waals surface area contributed by atoms with Gasteiger partial charge in [-0.05, 0) is 31.5 Å². The molecule has 1 saturated heterocycles. The number of hydrogen-bond acceptors (Lipinski definition) is 5. The SMILES string of the molecule is CCOP(=O)(OCC)[C@@H]1N[C@@H]1c1ccc(OC)cc1. The summed E-state index contributed by atoms with van der Waals surface area (Å²) in [6, 6.07) is 7.71. The predicted molar refractivity (Wildman–Crippen MR) is 73.5 cm³/mol. The summed E-state index contributed by atoms with van der Waals surface area (Å²) in [7, 11) is -1.43. The zero-order valence-corrected chi connectivity index (χ0v) is 12.4. The van der Waals surface area contributed by atoms with Gasteiger partial charge >= 0.3 is 7.60 Å². The van der Waals surface area contributed by atoms with Gasteiger partial charge in [-0.2, -0.15) is 0 Å². The first-order chi connectivity index (χ1) is 9.14. The summed E-state index contributed by atoms with van der Waals surface area (Å²) in [5.74, 6) is 0.555. The van der Waals surface area contributed by atoms with Crippen LogP contribution < -0.4 is 10.1 Å². The quantitative estimate of drug-likeness (QED) is 0.616. The molecular weight excluding hydrogens is 265 g/mol. The maximum absolute atomic E-state index is 12.6. The molecule has 1 N–H and O–H groups in total. The normalized spacial score (nSPS) is 22.3. The van der Waals surface area contributed by atoms with E-state index in [2.05, 4.69) is 5.32 Å². The van der Waals surface area contributed by atoms with Gasteiger partial charge in [-0.25, -0.2) is 0 Å². The Balaban J connectivity index is 2.07. The highest BCUT2D eigenvalue weighted by Crippen LogP contribution is 2.61. The summed E-state index contributed by atoms with van der Waals surface area (Å²) in [4.78, 5) is 0. The zero-order valence-electron chi connectivity index (χ0n) is 11.5. The third kappa shape index (κ3) is 3.18. The number of benzene rings is 1. The Bertz CT molecular complexity index is 452. The number of hydrogen-bond donors (Lipinski definition) is 1. The fourth-order valence-corrected chi connectivity index (χ4v) is 4.05. The van der Waals surface area contributed by atoms with E-state index < -0.39 is 7.60 Å². The second-order valence-corrected chi connectivity index (χ2v) is 6.39. The van der Waals surface area contributed by atoms with Crippen LogP contribution in [0.2, 0.25) is 0 Å². The van der Waals surface area contributed by atoms with Gasteiger partial charge in [0.2, 0.25) is 0 Å². The predicted octanol–water partition coefficient (Wildman–Crippen LogP) is 2.93. The van der Waals surface area contributed by atoms with E-state index >= 15 is 0 Å². The molecule has 0 bridgehead atoms. The molecule has 106 valence electrons. The molecule has 1 aliphatic rings. The Morgan fingerprint density at radius 1 is 1.16 bits per heavy atom. The first-order valence-electron chi connectivity index (χ1n) is 6.43. The molecule has 5 nitrogen and oxygen atoms in total. The van der Waals surface area contributed by atoms with Gasteiger partial charge in [-0.1, -0.05) is 12.1 Å². The Hall–Kier alpha value is -0.870. The molecule has 0 aliphatic carbocycles. The second-order valence-electron chi connectivity index (χ2n) is 4.24. The van der Waals surface area contributed by atoms with E-state index in [0.29, 0.717) is 13.2 Å². The van der Waals surface area contributed by atoms with E-state index in [-0.39, 0.29) is 11.8 Å². The van der Waals surface area contributed by atoms with Crippen LogP contribution in [0.3, 0.4) is 0 Å². The maximum atomic E-state index is 12.6. The van der Waals surface area contributed by atoms with Gasteiger partial charge in [-0.3, -0.25) is 9.88 Å².